The Morgan fingerprint density at radius 1 is 1.50 bits per heavy atom. The van der Waals surface area contributed by atoms with Crippen LogP contribution >= 0.6 is 12.2 Å². The molecule has 0 aromatic heterocycles. The normalized spacial score (nSPS) is 31.1. The van der Waals surface area contributed by atoms with Gasteiger partial charge < -0.3 is 11.1 Å². The zero-order valence-corrected chi connectivity index (χ0v) is 10.4. The van der Waals surface area contributed by atoms with Gasteiger partial charge in [-0.25, -0.2) is 0 Å². The Morgan fingerprint density at radius 2 is 2.25 bits per heavy atom. The number of fused-ring (bicyclic) bond motifs is 1. The number of amides is 1. The number of carbonyl (C=O) groups excluding carboxylic acids is 1. The first kappa shape index (κ1) is 11.8. The third-order valence-corrected chi connectivity index (χ3v) is 4.11. The van der Waals surface area contributed by atoms with Gasteiger partial charge in [0.1, 0.15) is 0 Å². The summed E-state index contributed by atoms with van der Waals surface area (Å²) in [6, 6.07) is 0.842. The molecule has 2 heterocycles. The molecule has 0 aromatic carbocycles. The monoisotopic (exact) mass is 241 g/mol. The quantitative estimate of drug-likeness (QED) is 0.696. The maximum Gasteiger partial charge on any atom is 0.229 e. The molecule has 2 rings (SSSR count). The second-order valence-corrected chi connectivity index (χ2v) is 5.24. The number of nitrogens with one attached hydrogen (secondary N) is 1. The standard InChI is InChI=1S/C11H19N3OS/c1-7(10(12)16)11(15)13-8-4-6-14-5-2-3-9(8)14/h7-9H,2-6H2,1H3,(H2,12,16)(H,13,15). The molecule has 0 spiro atoms. The molecule has 0 aromatic rings. The molecule has 1 amide bonds. The highest BCUT2D eigenvalue weighted by Crippen LogP contribution is 2.27. The van der Waals surface area contributed by atoms with Crippen molar-refractivity contribution in [2.75, 3.05) is 13.1 Å². The molecule has 90 valence electrons. The van der Waals surface area contributed by atoms with Crippen molar-refractivity contribution in [1.82, 2.24) is 10.2 Å². The maximum atomic E-state index is 11.8. The SMILES string of the molecule is CC(C(=O)NC1CCN2CCCC12)C(N)=S. The van der Waals surface area contributed by atoms with Crippen LogP contribution in [0.5, 0.6) is 0 Å². The van der Waals surface area contributed by atoms with Gasteiger partial charge in [-0.3, -0.25) is 9.69 Å². The summed E-state index contributed by atoms with van der Waals surface area (Å²) in [7, 11) is 0. The Bertz CT molecular complexity index is 308. The highest BCUT2D eigenvalue weighted by atomic mass is 32.1. The summed E-state index contributed by atoms with van der Waals surface area (Å²) >= 11 is 4.84. The third-order valence-electron chi connectivity index (χ3n) is 3.75. The molecule has 5 heteroatoms. The molecule has 2 saturated heterocycles. The molecule has 0 aliphatic carbocycles. The molecule has 0 radical (unpaired) electrons. The number of carbonyl (C=O) groups is 1. The molecule has 16 heavy (non-hydrogen) atoms. The van der Waals surface area contributed by atoms with Crippen molar-refractivity contribution >= 4 is 23.1 Å². The van der Waals surface area contributed by atoms with Gasteiger partial charge in [-0.05, 0) is 32.7 Å². The topological polar surface area (TPSA) is 58.4 Å². The highest BCUT2D eigenvalue weighted by molar-refractivity contribution is 7.80. The fourth-order valence-corrected chi connectivity index (χ4v) is 2.79. The van der Waals surface area contributed by atoms with Crippen molar-refractivity contribution < 1.29 is 4.79 Å². The van der Waals surface area contributed by atoms with E-state index >= 15 is 0 Å². The lowest BCUT2D eigenvalue weighted by Gasteiger charge is -2.22. The minimum atomic E-state index is -0.356. The van der Waals surface area contributed by atoms with Crippen LogP contribution in [0.2, 0.25) is 0 Å². The lowest BCUT2D eigenvalue weighted by molar-refractivity contribution is -0.123. The third kappa shape index (κ3) is 2.20. The van der Waals surface area contributed by atoms with Crippen molar-refractivity contribution in [3.05, 3.63) is 0 Å². The van der Waals surface area contributed by atoms with E-state index in [2.05, 4.69) is 10.2 Å². The fourth-order valence-electron chi connectivity index (χ4n) is 2.69. The predicted molar refractivity (Wildman–Crippen MR) is 67.1 cm³/mol. The van der Waals surface area contributed by atoms with Crippen molar-refractivity contribution in [2.24, 2.45) is 11.7 Å². The van der Waals surface area contributed by atoms with Gasteiger partial charge in [-0.15, -0.1) is 0 Å². The molecule has 0 bridgehead atoms. The maximum absolute atomic E-state index is 11.8. The number of hydrogen-bond acceptors (Lipinski definition) is 3. The van der Waals surface area contributed by atoms with Gasteiger partial charge in [0.15, 0.2) is 0 Å². The van der Waals surface area contributed by atoms with Gasteiger partial charge >= 0.3 is 0 Å². The minimum Gasteiger partial charge on any atom is -0.393 e. The average molecular weight is 241 g/mol. The number of nitrogens with zero attached hydrogens (tertiary/aromatic N) is 1. The van der Waals surface area contributed by atoms with Crippen molar-refractivity contribution in [2.45, 2.75) is 38.3 Å². The number of nitrogens with two attached hydrogens (primary N) is 1. The Morgan fingerprint density at radius 3 is 2.94 bits per heavy atom. The zero-order valence-electron chi connectivity index (χ0n) is 9.61. The first-order chi connectivity index (χ1) is 7.59. The van der Waals surface area contributed by atoms with E-state index in [0.29, 0.717) is 12.1 Å². The number of thiocarbonyl (C=S) groups is 1. The molecule has 4 nitrogen and oxygen atoms in total. The van der Waals surface area contributed by atoms with Crippen LogP contribution in [0, 0.1) is 5.92 Å². The molecular formula is C11H19N3OS. The zero-order chi connectivity index (χ0) is 11.7. The average Bonchev–Trinajstić information content (AvgIpc) is 2.81. The van der Waals surface area contributed by atoms with Gasteiger partial charge in [-0.1, -0.05) is 12.2 Å². The van der Waals surface area contributed by atoms with Crippen LogP contribution < -0.4 is 11.1 Å². The van der Waals surface area contributed by atoms with E-state index in [1.807, 2.05) is 0 Å². The van der Waals surface area contributed by atoms with Crippen molar-refractivity contribution in [1.29, 1.82) is 0 Å². The Labute approximate surface area is 102 Å². The van der Waals surface area contributed by atoms with Crippen LogP contribution in [0.3, 0.4) is 0 Å². The van der Waals surface area contributed by atoms with Gasteiger partial charge in [-0.2, -0.15) is 0 Å². The number of rotatable bonds is 3. The fraction of sp³-hybridized carbons (Fsp3) is 0.818. The highest BCUT2D eigenvalue weighted by Gasteiger charge is 2.38. The summed E-state index contributed by atoms with van der Waals surface area (Å²) in [5, 5.41) is 3.08. The minimum absolute atomic E-state index is 0.0220. The summed E-state index contributed by atoms with van der Waals surface area (Å²) in [6.07, 6.45) is 3.51. The largest absolute Gasteiger partial charge is 0.393 e. The molecule has 0 saturated carbocycles. The van der Waals surface area contributed by atoms with Crippen LogP contribution in [0.15, 0.2) is 0 Å². The van der Waals surface area contributed by atoms with Crippen LogP contribution in [0.4, 0.5) is 0 Å². The molecule has 2 aliphatic rings. The van der Waals surface area contributed by atoms with E-state index in [9.17, 15) is 4.79 Å². The van der Waals surface area contributed by atoms with E-state index in [4.69, 9.17) is 18.0 Å². The summed E-state index contributed by atoms with van der Waals surface area (Å²) < 4.78 is 0. The second kappa shape index (κ2) is 4.67. The summed E-state index contributed by atoms with van der Waals surface area (Å²) in [4.78, 5) is 14.6. The van der Waals surface area contributed by atoms with E-state index in [1.54, 1.807) is 6.92 Å². The lowest BCUT2D eigenvalue weighted by Crippen LogP contribution is -2.46. The van der Waals surface area contributed by atoms with Gasteiger partial charge in [0.2, 0.25) is 5.91 Å². The Kier molecular flexibility index (Phi) is 3.44. The molecule has 3 atom stereocenters. The van der Waals surface area contributed by atoms with Crippen molar-refractivity contribution in [3.63, 3.8) is 0 Å². The van der Waals surface area contributed by atoms with E-state index < -0.39 is 0 Å². The lowest BCUT2D eigenvalue weighted by atomic mass is 10.0. The van der Waals surface area contributed by atoms with Gasteiger partial charge in [0.25, 0.3) is 0 Å². The summed E-state index contributed by atoms with van der Waals surface area (Å²) in [5.74, 6) is -0.378. The van der Waals surface area contributed by atoms with Crippen LogP contribution in [0.1, 0.15) is 26.2 Å². The predicted octanol–water partition coefficient (Wildman–Crippen LogP) is 0.262. The van der Waals surface area contributed by atoms with Crippen LogP contribution in [-0.2, 0) is 4.79 Å². The summed E-state index contributed by atoms with van der Waals surface area (Å²) in [5.41, 5.74) is 5.48. The Balaban J connectivity index is 1.90. The van der Waals surface area contributed by atoms with Crippen LogP contribution in [-0.4, -0.2) is 41.0 Å². The molecule has 2 fully saturated rings. The van der Waals surface area contributed by atoms with E-state index in [0.717, 1.165) is 13.0 Å². The first-order valence-corrected chi connectivity index (χ1v) is 6.34. The molecule has 3 unspecified atom stereocenters. The smallest absolute Gasteiger partial charge is 0.229 e. The van der Waals surface area contributed by atoms with E-state index in [1.165, 1.54) is 19.4 Å². The molecule has 2 aliphatic heterocycles. The van der Waals surface area contributed by atoms with Gasteiger partial charge in [0, 0.05) is 18.6 Å². The second-order valence-electron chi connectivity index (χ2n) is 4.77. The van der Waals surface area contributed by atoms with Gasteiger partial charge in [0.05, 0.1) is 10.9 Å². The van der Waals surface area contributed by atoms with Crippen molar-refractivity contribution in [3.8, 4) is 0 Å². The molecular weight excluding hydrogens is 222 g/mol. The molecule has 3 N–H and O–H groups in total. The number of hydrogen-bond donors (Lipinski definition) is 2. The summed E-state index contributed by atoms with van der Waals surface area (Å²) in [6.45, 7) is 4.05. The first-order valence-electron chi connectivity index (χ1n) is 5.93. The van der Waals surface area contributed by atoms with E-state index in [-0.39, 0.29) is 16.8 Å². The van der Waals surface area contributed by atoms with Crippen LogP contribution in [0.25, 0.3) is 0 Å². The Hall–Kier alpha value is -0.680.